The molecule has 0 saturated heterocycles. The van der Waals surface area contributed by atoms with Crippen LogP contribution in [0.1, 0.15) is 19.8 Å². The minimum atomic E-state index is -0.133. The van der Waals surface area contributed by atoms with Gasteiger partial charge >= 0.3 is 0 Å². The summed E-state index contributed by atoms with van der Waals surface area (Å²) in [5.74, 6) is 0.596. The molecule has 0 aliphatic heterocycles. The molecule has 8 nitrogen and oxygen atoms in total. The highest BCUT2D eigenvalue weighted by Crippen LogP contribution is 1.89. The smallest absolute Gasteiger partial charge is 0.220 e. The second-order valence-electron chi connectivity index (χ2n) is 5.34. The van der Waals surface area contributed by atoms with Crippen LogP contribution in [-0.2, 0) is 33.3 Å². The molecule has 0 atom stereocenters. The van der Waals surface area contributed by atoms with Gasteiger partial charge in [0.05, 0.1) is 66.1 Å². The molecule has 0 aromatic heterocycles. The molecule has 9 heteroatoms. The van der Waals surface area contributed by atoms with Crippen molar-refractivity contribution in [3.05, 3.63) is 0 Å². The first kappa shape index (κ1) is 25.3. The molecule has 0 aliphatic rings. The summed E-state index contributed by atoms with van der Waals surface area (Å²) in [6, 6.07) is 0. The molecule has 0 heterocycles. The van der Waals surface area contributed by atoms with E-state index in [1.165, 1.54) is 6.92 Å². The Morgan fingerprint density at radius 3 is 1.54 bits per heavy atom. The summed E-state index contributed by atoms with van der Waals surface area (Å²) in [6.07, 6.45) is 0.507. The summed E-state index contributed by atoms with van der Waals surface area (Å²) in [4.78, 5) is 22.1. The molecule has 0 spiro atoms. The summed E-state index contributed by atoms with van der Waals surface area (Å²) in [6.45, 7) is 7.08. The molecule has 0 radical (unpaired) electrons. The summed E-state index contributed by atoms with van der Waals surface area (Å²) in [5.41, 5.74) is 0. The lowest BCUT2D eigenvalue weighted by molar-refractivity contribution is -0.124. The average Bonchev–Trinajstić information content (AvgIpc) is 2.62. The van der Waals surface area contributed by atoms with Crippen LogP contribution in [-0.4, -0.2) is 90.1 Å². The lowest BCUT2D eigenvalue weighted by Gasteiger charge is -2.08. The van der Waals surface area contributed by atoms with Crippen LogP contribution in [0, 0.1) is 0 Å². The quantitative estimate of drug-likeness (QED) is 0.229. The second-order valence-corrected chi connectivity index (χ2v) is 5.78. The van der Waals surface area contributed by atoms with E-state index in [1.54, 1.807) is 0 Å². The first-order valence-electron chi connectivity index (χ1n) is 8.92. The molecule has 0 saturated carbocycles. The molecule has 1 N–H and O–H groups in total. The van der Waals surface area contributed by atoms with Crippen molar-refractivity contribution in [3.63, 3.8) is 0 Å². The Kier molecular flexibility index (Phi) is 20.0. The van der Waals surface area contributed by atoms with Crippen LogP contribution < -0.4 is 5.32 Å². The Morgan fingerprint density at radius 1 is 0.692 bits per heavy atom. The summed E-state index contributed by atoms with van der Waals surface area (Å²) in [7, 11) is 0. The van der Waals surface area contributed by atoms with Gasteiger partial charge < -0.3 is 33.8 Å². The number of ether oxygens (including phenoxy) is 5. The number of rotatable bonds is 20. The zero-order valence-corrected chi connectivity index (χ0v) is 16.6. The maximum Gasteiger partial charge on any atom is 0.220 e. The molecule has 0 aromatic carbocycles. The normalized spacial score (nSPS) is 10.8. The number of ketones is 1. The minimum Gasteiger partial charge on any atom is -0.378 e. The fourth-order valence-corrected chi connectivity index (χ4v) is 1.82. The number of carbonyl (C=O) groups is 2. The number of carbonyl (C=O) groups excluding carboxylic acids is 2. The van der Waals surface area contributed by atoms with Crippen molar-refractivity contribution in [3.8, 4) is 0 Å². The van der Waals surface area contributed by atoms with Gasteiger partial charge in [0.1, 0.15) is 5.78 Å². The van der Waals surface area contributed by atoms with E-state index in [9.17, 15) is 9.59 Å². The van der Waals surface area contributed by atoms with Gasteiger partial charge in [-0.1, -0.05) is 0 Å². The third-order valence-electron chi connectivity index (χ3n) is 3.00. The van der Waals surface area contributed by atoms with Crippen LogP contribution in [0.3, 0.4) is 0 Å². The molecule has 26 heavy (non-hydrogen) atoms. The summed E-state index contributed by atoms with van der Waals surface area (Å²) < 4.78 is 26.6. The fraction of sp³-hybridized carbons (Fsp3) is 0.882. The van der Waals surface area contributed by atoms with Gasteiger partial charge in [0, 0.05) is 25.1 Å². The van der Waals surface area contributed by atoms with Crippen LogP contribution in [0.2, 0.25) is 0 Å². The maximum absolute atomic E-state index is 11.3. The Hall–Kier alpha value is -0.710. The van der Waals surface area contributed by atoms with Gasteiger partial charge in [-0.2, -0.15) is 12.6 Å². The Bertz CT molecular complexity index is 345. The molecule has 0 rings (SSSR count). The van der Waals surface area contributed by atoms with Gasteiger partial charge in [-0.05, 0) is 6.92 Å². The van der Waals surface area contributed by atoms with Gasteiger partial charge in [-0.3, -0.25) is 4.79 Å². The molecule has 0 fully saturated rings. The molecule has 0 unspecified atom stereocenters. The number of Topliss-reactive ketones (excluding diaryl/α,β-unsaturated/α-hetero) is 1. The van der Waals surface area contributed by atoms with Crippen molar-refractivity contribution in [2.75, 3.05) is 78.4 Å². The largest absolute Gasteiger partial charge is 0.378 e. The number of thiol groups is 1. The van der Waals surface area contributed by atoms with Crippen molar-refractivity contribution in [2.45, 2.75) is 19.8 Å². The topological polar surface area (TPSA) is 92.3 Å². The Balaban J connectivity index is 3.09. The first-order chi connectivity index (χ1) is 12.7. The number of hydrogen-bond donors (Lipinski definition) is 2. The summed E-state index contributed by atoms with van der Waals surface area (Å²) in [5, 5.41) is 2.69. The number of hydrogen-bond acceptors (Lipinski definition) is 8. The van der Waals surface area contributed by atoms with Gasteiger partial charge in [0.2, 0.25) is 5.91 Å². The van der Waals surface area contributed by atoms with Gasteiger partial charge in [-0.25, -0.2) is 0 Å². The van der Waals surface area contributed by atoms with Gasteiger partial charge in [0.25, 0.3) is 0 Å². The van der Waals surface area contributed by atoms with Crippen molar-refractivity contribution in [1.29, 1.82) is 0 Å². The molecule has 1 amide bonds. The summed E-state index contributed by atoms with van der Waals surface area (Å²) >= 11 is 4.04. The highest BCUT2D eigenvalue weighted by atomic mass is 32.1. The number of nitrogens with one attached hydrogen (secondary N) is 1. The lowest BCUT2D eigenvalue weighted by atomic mass is 10.2. The van der Waals surface area contributed by atoms with E-state index in [-0.39, 0.29) is 24.5 Å². The predicted octanol–water partition coefficient (Wildman–Crippen LogP) is 0.485. The van der Waals surface area contributed by atoms with E-state index < -0.39 is 0 Å². The van der Waals surface area contributed by atoms with E-state index >= 15 is 0 Å². The van der Waals surface area contributed by atoms with E-state index in [0.29, 0.717) is 78.4 Å². The van der Waals surface area contributed by atoms with Crippen molar-refractivity contribution < 1.29 is 33.3 Å². The molecule has 0 aromatic rings. The predicted molar refractivity (Wildman–Crippen MR) is 101 cm³/mol. The van der Waals surface area contributed by atoms with Crippen LogP contribution in [0.25, 0.3) is 0 Å². The van der Waals surface area contributed by atoms with E-state index in [1.807, 2.05) is 0 Å². The monoisotopic (exact) mass is 395 g/mol. The Labute approximate surface area is 161 Å². The molecule has 0 aliphatic carbocycles. The maximum atomic E-state index is 11.3. The van der Waals surface area contributed by atoms with Crippen LogP contribution >= 0.6 is 12.6 Å². The molecular formula is C17H33NO7S. The first-order valence-corrected chi connectivity index (χ1v) is 9.55. The van der Waals surface area contributed by atoms with Crippen molar-refractivity contribution in [2.24, 2.45) is 0 Å². The van der Waals surface area contributed by atoms with E-state index in [2.05, 4.69) is 17.9 Å². The highest BCUT2D eigenvalue weighted by molar-refractivity contribution is 7.80. The van der Waals surface area contributed by atoms with E-state index in [4.69, 9.17) is 23.7 Å². The highest BCUT2D eigenvalue weighted by Gasteiger charge is 2.02. The van der Waals surface area contributed by atoms with Gasteiger partial charge in [0.15, 0.2) is 0 Å². The SMILES string of the molecule is CC(=O)CCC(=O)NCCOCCOCCOCCOCCOCCS. The lowest BCUT2D eigenvalue weighted by Crippen LogP contribution is -2.27. The molecule has 0 bridgehead atoms. The molecule has 154 valence electrons. The third kappa shape index (κ3) is 21.3. The molecular weight excluding hydrogens is 362 g/mol. The van der Waals surface area contributed by atoms with Crippen molar-refractivity contribution >= 4 is 24.3 Å². The standard InChI is InChI=1S/C17H33NO7S/c1-16(19)2-3-17(20)18-4-5-21-6-7-22-8-9-23-10-11-24-12-13-25-14-15-26/h26H,2-15H2,1H3,(H,18,20). The third-order valence-corrected chi connectivity index (χ3v) is 3.18. The van der Waals surface area contributed by atoms with E-state index in [0.717, 1.165) is 0 Å². The van der Waals surface area contributed by atoms with Crippen LogP contribution in [0.15, 0.2) is 0 Å². The van der Waals surface area contributed by atoms with Crippen LogP contribution in [0.4, 0.5) is 0 Å². The average molecular weight is 396 g/mol. The second kappa shape index (κ2) is 20.6. The zero-order valence-electron chi connectivity index (χ0n) is 15.7. The van der Waals surface area contributed by atoms with Gasteiger partial charge in [-0.15, -0.1) is 0 Å². The Morgan fingerprint density at radius 2 is 1.12 bits per heavy atom. The minimum absolute atomic E-state index is 0.0135. The van der Waals surface area contributed by atoms with Crippen LogP contribution in [0.5, 0.6) is 0 Å². The zero-order chi connectivity index (χ0) is 19.3. The van der Waals surface area contributed by atoms with Crippen molar-refractivity contribution in [1.82, 2.24) is 5.32 Å². The fourth-order valence-electron chi connectivity index (χ4n) is 1.69. The number of amides is 1.